The number of aryl methyl sites for hydroxylation is 1. The Balaban J connectivity index is 2.06. The standard InChI is InChI=1S/C14H14N2O/c1-11-5-4-7-13(9-11)16-15-10-12-6-2-3-8-14(12)17/h2-10,16-17H,1H3/b15-10+. The lowest BCUT2D eigenvalue weighted by molar-refractivity contribution is 0.474. The van der Waals surface area contributed by atoms with Crippen LogP contribution in [0.15, 0.2) is 53.6 Å². The van der Waals surface area contributed by atoms with E-state index in [2.05, 4.69) is 10.5 Å². The molecule has 2 aromatic rings. The molecule has 0 aliphatic heterocycles. The van der Waals surface area contributed by atoms with Gasteiger partial charge in [-0.05, 0) is 36.8 Å². The first kappa shape index (κ1) is 11.2. The number of para-hydroxylation sites is 1. The average molecular weight is 226 g/mol. The normalized spacial score (nSPS) is 10.6. The quantitative estimate of drug-likeness (QED) is 0.623. The van der Waals surface area contributed by atoms with Crippen LogP contribution in [0.1, 0.15) is 11.1 Å². The maximum absolute atomic E-state index is 9.53. The second-order valence-corrected chi connectivity index (χ2v) is 3.80. The molecule has 86 valence electrons. The van der Waals surface area contributed by atoms with Crippen molar-refractivity contribution in [2.75, 3.05) is 5.43 Å². The summed E-state index contributed by atoms with van der Waals surface area (Å²) in [5.74, 6) is 0.224. The van der Waals surface area contributed by atoms with E-state index in [4.69, 9.17) is 0 Å². The molecule has 0 heterocycles. The summed E-state index contributed by atoms with van der Waals surface area (Å²) < 4.78 is 0. The summed E-state index contributed by atoms with van der Waals surface area (Å²) in [7, 11) is 0. The molecule has 3 nitrogen and oxygen atoms in total. The van der Waals surface area contributed by atoms with Gasteiger partial charge in [-0.25, -0.2) is 0 Å². The van der Waals surface area contributed by atoms with Gasteiger partial charge in [0.05, 0.1) is 11.9 Å². The molecule has 0 saturated carbocycles. The molecule has 0 aromatic heterocycles. The van der Waals surface area contributed by atoms with Crippen molar-refractivity contribution in [1.82, 2.24) is 0 Å². The van der Waals surface area contributed by atoms with E-state index in [1.807, 2.05) is 37.3 Å². The van der Waals surface area contributed by atoms with Crippen LogP contribution < -0.4 is 5.43 Å². The van der Waals surface area contributed by atoms with Crippen LogP contribution in [-0.2, 0) is 0 Å². The molecule has 3 heteroatoms. The zero-order valence-corrected chi connectivity index (χ0v) is 9.59. The highest BCUT2D eigenvalue weighted by Crippen LogP contribution is 2.13. The Morgan fingerprint density at radius 2 is 1.94 bits per heavy atom. The Morgan fingerprint density at radius 1 is 1.12 bits per heavy atom. The number of anilines is 1. The van der Waals surface area contributed by atoms with Gasteiger partial charge in [0.1, 0.15) is 5.75 Å². The van der Waals surface area contributed by atoms with Gasteiger partial charge in [-0.1, -0.05) is 24.3 Å². The summed E-state index contributed by atoms with van der Waals surface area (Å²) in [6.07, 6.45) is 1.59. The molecular formula is C14H14N2O. The number of nitrogens with one attached hydrogen (secondary N) is 1. The van der Waals surface area contributed by atoms with Gasteiger partial charge in [0.25, 0.3) is 0 Å². The molecule has 0 spiro atoms. The zero-order chi connectivity index (χ0) is 12.1. The van der Waals surface area contributed by atoms with Gasteiger partial charge in [-0.3, -0.25) is 5.43 Å². The molecule has 2 N–H and O–H groups in total. The van der Waals surface area contributed by atoms with Gasteiger partial charge in [-0.2, -0.15) is 5.10 Å². The second-order valence-electron chi connectivity index (χ2n) is 3.80. The highest BCUT2D eigenvalue weighted by atomic mass is 16.3. The van der Waals surface area contributed by atoms with Crippen molar-refractivity contribution in [3.63, 3.8) is 0 Å². The van der Waals surface area contributed by atoms with Crippen LogP contribution >= 0.6 is 0 Å². The monoisotopic (exact) mass is 226 g/mol. The SMILES string of the molecule is Cc1cccc(N/N=C/c2ccccc2O)c1. The van der Waals surface area contributed by atoms with Crippen molar-refractivity contribution in [2.24, 2.45) is 5.10 Å². The number of phenols is 1. The highest BCUT2D eigenvalue weighted by molar-refractivity contribution is 5.83. The molecule has 17 heavy (non-hydrogen) atoms. The van der Waals surface area contributed by atoms with Crippen molar-refractivity contribution in [3.8, 4) is 5.75 Å². The lowest BCUT2D eigenvalue weighted by Crippen LogP contribution is -1.91. The number of aromatic hydroxyl groups is 1. The number of hydrazone groups is 1. The Morgan fingerprint density at radius 3 is 2.71 bits per heavy atom. The van der Waals surface area contributed by atoms with E-state index >= 15 is 0 Å². The summed E-state index contributed by atoms with van der Waals surface area (Å²) in [5.41, 5.74) is 5.71. The number of rotatable bonds is 3. The van der Waals surface area contributed by atoms with E-state index in [0.717, 1.165) is 5.69 Å². The van der Waals surface area contributed by atoms with Crippen molar-refractivity contribution in [2.45, 2.75) is 6.92 Å². The smallest absolute Gasteiger partial charge is 0.124 e. The second kappa shape index (κ2) is 5.16. The van der Waals surface area contributed by atoms with Crippen molar-refractivity contribution < 1.29 is 5.11 Å². The summed E-state index contributed by atoms with van der Waals surface area (Å²) in [5, 5.41) is 13.6. The van der Waals surface area contributed by atoms with Crippen LogP contribution in [0, 0.1) is 6.92 Å². The molecule has 0 radical (unpaired) electrons. The van der Waals surface area contributed by atoms with Crippen molar-refractivity contribution in [1.29, 1.82) is 0 Å². The number of hydrogen-bond donors (Lipinski definition) is 2. The van der Waals surface area contributed by atoms with E-state index in [-0.39, 0.29) is 5.75 Å². The zero-order valence-electron chi connectivity index (χ0n) is 9.59. The molecule has 0 aliphatic carbocycles. The van der Waals surface area contributed by atoms with Gasteiger partial charge >= 0.3 is 0 Å². The van der Waals surface area contributed by atoms with Crippen molar-refractivity contribution >= 4 is 11.9 Å². The van der Waals surface area contributed by atoms with Crippen LogP contribution in [0.25, 0.3) is 0 Å². The fraction of sp³-hybridized carbons (Fsp3) is 0.0714. The molecular weight excluding hydrogens is 212 g/mol. The van der Waals surface area contributed by atoms with Crippen molar-refractivity contribution in [3.05, 3.63) is 59.7 Å². The number of phenolic OH excluding ortho intramolecular Hbond substituents is 1. The molecule has 0 atom stereocenters. The fourth-order valence-corrected chi connectivity index (χ4v) is 1.49. The maximum atomic E-state index is 9.53. The molecule has 0 aliphatic rings. The van der Waals surface area contributed by atoms with E-state index in [9.17, 15) is 5.11 Å². The van der Waals surface area contributed by atoms with Gasteiger partial charge in [0.2, 0.25) is 0 Å². The maximum Gasteiger partial charge on any atom is 0.124 e. The Labute approximate surface area is 100 Å². The Bertz CT molecular complexity index is 535. The minimum absolute atomic E-state index is 0.224. The third kappa shape index (κ3) is 3.08. The lowest BCUT2D eigenvalue weighted by Gasteiger charge is -2.01. The molecule has 0 amide bonds. The molecule has 2 aromatic carbocycles. The van der Waals surface area contributed by atoms with Gasteiger partial charge in [0, 0.05) is 5.56 Å². The first-order chi connectivity index (χ1) is 8.25. The number of hydrogen-bond acceptors (Lipinski definition) is 3. The largest absolute Gasteiger partial charge is 0.507 e. The van der Waals surface area contributed by atoms with Crippen LogP contribution in [0.3, 0.4) is 0 Å². The fourth-order valence-electron chi connectivity index (χ4n) is 1.49. The van der Waals surface area contributed by atoms with Crippen LogP contribution in [0.5, 0.6) is 5.75 Å². The van der Waals surface area contributed by atoms with E-state index in [1.165, 1.54) is 5.56 Å². The summed E-state index contributed by atoms with van der Waals surface area (Å²) in [6, 6.07) is 15.0. The van der Waals surface area contributed by atoms with E-state index < -0.39 is 0 Å². The molecule has 0 saturated heterocycles. The lowest BCUT2D eigenvalue weighted by atomic mass is 10.2. The molecule has 0 fully saturated rings. The summed E-state index contributed by atoms with van der Waals surface area (Å²) >= 11 is 0. The topological polar surface area (TPSA) is 44.6 Å². The number of nitrogens with zero attached hydrogens (tertiary/aromatic N) is 1. The minimum Gasteiger partial charge on any atom is -0.507 e. The Hall–Kier alpha value is -2.29. The van der Waals surface area contributed by atoms with Gasteiger partial charge in [-0.15, -0.1) is 0 Å². The average Bonchev–Trinajstić information content (AvgIpc) is 2.32. The summed E-state index contributed by atoms with van der Waals surface area (Å²) in [6.45, 7) is 2.03. The third-order valence-electron chi connectivity index (χ3n) is 2.35. The molecule has 0 bridgehead atoms. The van der Waals surface area contributed by atoms with Gasteiger partial charge in [0.15, 0.2) is 0 Å². The van der Waals surface area contributed by atoms with Crippen LogP contribution in [0.4, 0.5) is 5.69 Å². The predicted octanol–water partition coefficient (Wildman–Crippen LogP) is 3.15. The third-order valence-corrected chi connectivity index (χ3v) is 2.35. The molecule has 2 rings (SSSR count). The molecule has 0 unspecified atom stereocenters. The highest BCUT2D eigenvalue weighted by Gasteiger charge is 1.94. The Kier molecular flexibility index (Phi) is 3.40. The summed E-state index contributed by atoms with van der Waals surface area (Å²) in [4.78, 5) is 0. The van der Waals surface area contributed by atoms with E-state index in [1.54, 1.807) is 24.4 Å². The number of benzene rings is 2. The van der Waals surface area contributed by atoms with Crippen LogP contribution in [0.2, 0.25) is 0 Å². The van der Waals surface area contributed by atoms with Crippen LogP contribution in [-0.4, -0.2) is 11.3 Å². The first-order valence-electron chi connectivity index (χ1n) is 5.39. The van der Waals surface area contributed by atoms with Gasteiger partial charge < -0.3 is 5.11 Å². The van der Waals surface area contributed by atoms with E-state index in [0.29, 0.717) is 5.56 Å². The predicted molar refractivity (Wildman–Crippen MR) is 70.5 cm³/mol. The minimum atomic E-state index is 0.224. The first-order valence-corrected chi connectivity index (χ1v) is 5.39.